The molecule has 106 valence electrons. The van der Waals surface area contributed by atoms with Crippen LogP contribution in [0.4, 0.5) is 0 Å². The number of aliphatic hydroxyl groups excluding tert-OH is 4. The second kappa shape index (κ2) is 7.35. The minimum atomic E-state index is -1.71. The average molecular weight is 268 g/mol. The van der Waals surface area contributed by atoms with Crippen LogP contribution in [0.1, 0.15) is 18.9 Å². The Kier molecular flexibility index (Phi) is 6.11. The van der Waals surface area contributed by atoms with Gasteiger partial charge in [0.2, 0.25) is 0 Å². The predicted molar refractivity (Wildman–Crippen MR) is 69.5 cm³/mol. The van der Waals surface area contributed by atoms with Crippen molar-refractivity contribution in [1.29, 1.82) is 0 Å². The lowest BCUT2D eigenvalue weighted by atomic mass is 9.96. The van der Waals surface area contributed by atoms with Crippen LogP contribution in [-0.2, 0) is 11.2 Å². The summed E-state index contributed by atoms with van der Waals surface area (Å²) in [6.07, 6.45) is -5.93. The van der Waals surface area contributed by atoms with E-state index >= 15 is 0 Å². The van der Waals surface area contributed by atoms with Crippen molar-refractivity contribution < 1.29 is 25.2 Å². The fourth-order valence-corrected chi connectivity index (χ4v) is 1.75. The molecular formula is C14H20O5. The Morgan fingerprint density at radius 1 is 1.05 bits per heavy atom. The van der Waals surface area contributed by atoms with Crippen molar-refractivity contribution in [2.45, 2.75) is 44.2 Å². The molecule has 1 aromatic carbocycles. The maximum Gasteiger partial charge on any atom is 0.168 e. The van der Waals surface area contributed by atoms with Gasteiger partial charge in [-0.1, -0.05) is 37.3 Å². The summed E-state index contributed by atoms with van der Waals surface area (Å²) < 4.78 is 0. The second-order valence-corrected chi connectivity index (χ2v) is 4.53. The van der Waals surface area contributed by atoms with Gasteiger partial charge in [0.25, 0.3) is 0 Å². The first kappa shape index (κ1) is 15.8. The summed E-state index contributed by atoms with van der Waals surface area (Å²) in [6, 6.07) is 8.80. The Labute approximate surface area is 112 Å². The Hall–Kier alpha value is -1.27. The van der Waals surface area contributed by atoms with Gasteiger partial charge in [0.15, 0.2) is 5.78 Å². The Morgan fingerprint density at radius 2 is 1.63 bits per heavy atom. The third-order valence-electron chi connectivity index (χ3n) is 3.04. The van der Waals surface area contributed by atoms with E-state index in [0.29, 0.717) is 5.56 Å². The molecule has 5 heteroatoms. The predicted octanol–water partition coefficient (Wildman–Crippen LogP) is -0.348. The highest BCUT2D eigenvalue weighted by Gasteiger charge is 2.33. The molecule has 0 aliphatic heterocycles. The SMILES string of the molecule is CC[C@@H](O)[C@@H](O)[C@H](O)[C@@H](O)C(=O)Cc1ccccc1. The summed E-state index contributed by atoms with van der Waals surface area (Å²) in [5.74, 6) is -0.596. The number of carbonyl (C=O) groups excluding carboxylic acids is 1. The van der Waals surface area contributed by atoms with Gasteiger partial charge in [0, 0.05) is 6.42 Å². The lowest BCUT2D eigenvalue weighted by Crippen LogP contribution is -2.47. The van der Waals surface area contributed by atoms with Crippen LogP contribution in [0, 0.1) is 0 Å². The quantitative estimate of drug-likeness (QED) is 0.542. The smallest absolute Gasteiger partial charge is 0.168 e. The second-order valence-electron chi connectivity index (χ2n) is 4.53. The average Bonchev–Trinajstić information content (AvgIpc) is 2.44. The van der Waals surface area contributed by atoms with E-state index in [1.54, 1.807) is 37.3 Å². The number of Topliss-reactive ketones (excluding diaryl/α,β-unsaturated/α-hetero) is 1. The summed E-state index contributed by atoms with van der Waals surface area (Å²) in [5, 5.41) is 38.3. The highest BCUT2D eigenvalue weighted by Crippen LogP contribution is 2.11. The van der Waals surface area contributed by atoms with Crippen molar-refractivity contribution in [2.75, 3.05) is 0 Å². The van der Waals surface area contributed by atoms with Crippen LogP contribution in [0.5, 0.6) is 0 Å². The van der Waals surface area contributed by atoms with Crippen LogP contribution in [0.2, 0.25) is 0 Å². The lowest BCUT2D eigenvalue weighted by molar-refractivity contribution is -0.144. The molecule has 4 atom stereocenters. The first-order valence-electron chi connectivity index (χ1n) is 6.26. The first-order valence-corrected chi connectivity index (χ1v) is 6.26. The van der Waals surface area contributed by atoms with E-state index in [1.807, 2.05) is 0 Å². The van der Waals surface area contributed by atoms with Gasteiger partial charge in [-0.25, -0.2) is 0 Å². The molecule has 0 heterocycles. The van der Waals surface area contributed by atoms with Crippen molar-refractivity contribution in [3.05, 3.63) is 35.9 Å². The van der Waals surface area contributed by atoms with E-state index in [4.69, 9.17) is 0 Å². The van der Waals surface area contributed by atoms with Crippen LogP contribution in [-0.4, -0.2) is 50.6 Å². The van der Waals surface area contributed by atoms with Gasteiger partial charge in [-0.15, -0.1) is 0 Å². The zero-order chi connectivity index (χ0) is 14.4. The van der Waals surface area contributed by atoms with Gasteiger partial charge in [0.1, 0.15) is 18.3 Å². The van der Waals surface area contributed by atoms with E-state index in [1.165, 1.54) is 0 Å². The highest BCUT2D eigenvalue weighted by molar-refractivity contribution is 5.85. The molecule has 0 aliphatic rings. The summed E-state index contributed by atoms with van der Waals surface area (Å²) in [5.41, 5.74) is 0.712. The first-order chi connectivity index (χ1) is 8.97. The van der Waals surface area contributed by atoms with E-state index in [9.17, 15) is 25.2 Å². The number of benzene rings is 1. The number of aliphatic hydroxyl groups is 4. The molecule has 1 rings (SSSR count). The maximum absolute atomic E-state index is 11.8. The zero-order valence-electron chi connectivity index (χ0n) is 10.8. The standard InChI is InChI=1S/C14H20O5/c1-2-10(15)12(17)14(19)13(18)11(16)8-9-6-4-3-5-7-9/h3-7,10,12-15,17-19H,2,8H2,1H3/t10-,12-,13+,14+/m1/s1. The third-order valence-corrected chi connectivity index (χ3v) is 3.04. The van der Waals surface area contributed by atoms with Crippen molar-refractivity contribution >= 4 is 5.78 Å². The molecule has 0 saturated carbocycles. The fourth-order valence-electron chi connectivity index (χ4n) is 1.75. The van der Waals surface area contributed by atoms with E-state index in [2.05, 4.69) is 0 Å². The topological polar surface area (TPSA) is 98.0 Å². The molecule has 0 amide bonds. The van der Waals surface area contributed by atoms with Crippen molar-refractivity contribution in [3.63, 3.8) is 0 Å². The van der Waals surface area contributed by atoms with Crippen LogP contribution in [0.3, 0.4) is 0 Å². The number of carbonyl (C=O) groups is 1. The van der Waals surface area contributed by atoms with Crippen LogP contribution in [0.25, 0.3) is 0 Å². The number of hydrogen-bond acceptors (Lipinski definition) is 5. The van der Waals surface area contributed by atoms with Gasteiger partial charge in [-0.05, 0) is 12.0 Å². The minimum Gasteiger partial charge on any atom is -0.390 e. The Balaban J connectivity index is 2.61. The normalized spacial score (nSPS) is 17.5. The third kappa shape index (κ3) is 4.40. The highest BCUT2D eigenvalue weighted by atomic mass is 16.4. The van der Waals surface area contributed by atoms with Crippen molar-refractivity contribution in [1.82, 2.24) is 0 Å². The molecular weight excluding hydrogens is 248 g/mol. The monoisotopic (exact) mass is 268 g/mol. The van der Waals surface area contributed by atoms with E-state index < -0.39 is 30.2 Å². The number of ketones is 1. The maximum atomic E-state index is 11.8. The molecule has 1 aromatic rings. The molecule has 0 fully saturated rings. The van der Waals surface area contributed by atoms with Crippen LogP contribution in [0.15, 0.2) is 30.3 Å². The Morgan fingerprint density at radius 3 is 2.16 bits per heavy atom. The van der Waals surface area contributed by atoms with Crippen LogP contribution < -0.4 is 0 Å². The van der Waals surface area contributed by atoms with Gasteiger partial charge < -0.3 is 20.4 Å². The molecule has 0 bridgehead atoms. The summed E-state index contributed by atoms with van der Waals surface area (Å²) in [6.45, 7) is 1.62. The van der Waals surface area contributed by atoms with E-state index in [0.717, 1.165) is 0 Å². The fraction of sp³-hybridized carbons (Fsp3) is 0.500. The molecule has 0 saturated heterocycles. The van der Waals surface area contributed by atoms with Crippen LogP contribution >= 0.6 is 0 Å². The van der Waals surface area contributed by atoms with Crippen molar-refractivity contribution in [2.24, 2.45) is 0 Å². The van der Waals surface area contributed by atoms with Gasteiger partial charge in [-0.3, -0.25) is 4.79 Å². The minimum absolute atomic E-state index is 0.0337. The Bertz CT molecular complexity index is 392. The molecule has 19 heavy (non-hydrogen) atoms. The molecule has 0 aromatic heterocycles. The summed E-state index contributed by atoms with van der Waals surface area (Å²) >= 11 is 0. The molecule has 0 spiro atoms. The van der Waals surface area contributed by atoms with E-state index in [-0.39, 0.29) is 12.8 Å². The zero-order valence-corrected chi connectivity index (χ0v) is 10.8. The molecule has 5 nitrogen and oxygen atoms in total. The lowest BCUT2D eigenvalue weighted by Gasteiger charge is -2.25. The van der Waals surface area contributed by atoms with Gasteiger partial charge in [0.05, 0.1) is 6.10 Å². The molecule has 0 aliphatic carbocycles. The molecule has 0 radical (unpaired) electrons. The van der Waals surface area contributed by atoms with Crippen molar-refractivity contribution in [3.8, 4) is 0 Å². The molecule has 0 unspecified atom stereocenters. The largest absolute Gasteiger partial charge is 0.390 e. The van der Waals surface area contributed by atoms with Gasteiger partial charge >= 0.3 is 0 Å². The summed E-state index contributed by atoms with van der Waals surface area (Å²) in [4.78, 5) is 11.8. The molecule has 4 N–H and O–H groups in total. The number of rotatable bonds is 7. The number of hydrogen-bond donors (Lipinski definition) is 4. The summed E-state index contributed by atoms with van der Waals surface area (Å²) in [7, 11) is 0. The van der Waals surface area contributed by atoms with Gasteiger partial charge in [-0.2, -0.15) is 0 Å².